The SMILES string of the molecule is O=C(CSc1nc(C2CC2)nc2ccccc12)N1CCCc2cc([N+](=O)[O-])ccc21. The van der Waals surface area contributed by atoms with Crippen LogP contribution in [0.4, 0.5) is 11.4 Å². The Balaban J connectivity index is 1.38. The highest BCUT2D eigenvalue weighted by Crippen LogP contribution is 2.40. The van der Waals surface area contributed by atoms with Crippen LogP contribution in [0.3, 0.4) is 0 Å². The number of fused-ring (bicyclic) bond motifs is 2. The van der Waals surface area contributed by atoms with Crippen LogP contribution >= 0.6 is 11.8 Å². The first-order chi connectivity index (χ1) is 14.6. The molecule has 1 aliphatic heterocycles. The van der Waals surface area contributed by atoms with Crippen LogP contribution in [-0.2, 0) is 11.2 Å². The van der Waals surface area contributed by atoms with Crippen molar-refractivity contribution in [1.29, 1.82) is 0 Å². The number of nitro benzene ring substituents is 1. The van der Waals surface area contributed by atoms with Gasteiger partial charge in [-0.15, -0.1) is 0 Å². The van der Waals surface area contributed by atoms with E-state index < -0.39 is 4.92 Å². The fraction of sp³-hybridized carbons (Fsp3) is 0.318. The first-order valence-corrected chi connectivity index (χ1v) is 11.1. The number of hydrogen-bond acceptors (Lipinski definition) is 6. The van der Waals surface area contributed by atoms with Crippen molar-refractivity contribution in [3.63, 3.8) is 0 Å². The molecule has 1 saturated carbocycles. The molecular formula is C22H20N4O3S. The van der Waals surface area contributed by atoms with Gasteiger partial charge in [0, 0.05) is 35.7 Å². The summed E-state index contributed by atoms with van der Waals surface area (Å²) in [5.41, 5.74) is 2.62. The second-order valence-electron chi connectivity index (χ2n) is 7.69. The van der Waals surface area contributed by atoms with Gasteiger partial charge in [0.1, 0.15) is 10.9 Å². The molecule has 152 valence electrons. The van der Waals surface area contributed by atoms with Gasteiger partial charge in [0.05, 0.1) is 16.2 Å². The van der Waals surface area contributed by atoms with Gasteiger partial charge in [-0.05, 0) is 43.4 Å². The molecule has 0 saturated heterocycles. The van der Waals surface area contributed by atoms with Gasteiger partial charge in [0.25, 0.3) is 5.69 Å². The van der Waals surface area contributed by atoms with Crippen molar-refractivity contribution in [1.82, 2.24) is 9.97 Å². The Kier molecular flexibility index (Phi) is 4.86. The monoisotopic (exact) mass is 420 g/mol. The lowest BCUT2D eigenvalue weighted by atomic mass is 10.0. The molecule has 0 N–H and O–H groups in total. The van der Waals surface area contributed by atoms with E-state index in [1.807, 2.05) is 24.3 Å². The molecule has 0 radical (unpaired) electrons. The summed E-state index contributed by atoms with van der Waals surface area (Å²) in [6.07, 6.45) is 3.79. The normalized spacial score (nSPS) is 15.8. The van der Waals surface area contributed by atoms with Crippen molar-refractivity contribution in [2.24, 2.45) is 0 Å². The van der Waals surface area contributed by atoms with E-state index in [4.69, 9.17) is 9.97 Å². The van der Waals surface area contributed by atoms with E-state index in [0.717, 1.165) is 58.7 Å². The molecule has 0 spiro atoms. The zero-order valence-electron chi connectivity index (χ0n) is 16.3. The van der Waals surface area contributed by atoms with Crippen LogP contribution in [0.1, 0.15) is 36.6 Å². The van der Waals surface area contributed by atoms with Crippen LogP contribution in [0.25, 0.3) is 10.9 Å². The topological polar surface area (TPSA) is 89.2 Å². The molecule has 8 heteroatoms. The molecule has 0 atom stereocenters. The molecular weight excluding hydrogens is 400 g/mol. The zero-order chi connectivity index (χ0) is 20.7. The van der Waals surface area contributed by atoms with Crippen molar-refractivity contribution >= 4 is 39.9 Å². The molecule has 1 fully saturated rings. The highest BCUT2D eigenvalue weighted by Gasteiger charge is 2.28. The van der Waals surface area contributed by atoms with Gasteiger partial charge in [-0.2, -0.15) is 0 Å². The molecule has 2 aromatic carbocycles. The number of thioether (sulfide) groups is 1. The minimum absolute atomic E-state index is 0.00883. The van der Waals surface area contributed by atoms with Crippen molar-refractivity contribution in [3.05, 3.63) is 64.0 Å². The summed E-state index contributed by atoms with van der Waals surface area (Å²) < 4.78 is 0. The Morgan fingerprint density at radius 3 is 2.83 bits per heavy atom. The van der Waals surface area contributed by atoms with Crippen LogP contribution in [0, 0.1) is 10.1 Å². The molecule has 2 aliphatic rings. The lowest BCUT2D eigenvalue weighted by Crippen LogP contribution is -2.36. The summed E-state index contributed by atoms with van der Waals surface area (Å²) in [7, 11) is 0. The highest BCUT2D eigenvalue weighted by atomic mass is 32.2. The average molecular weight is 420 g/mol. The van der Waals surface area contributed by atoms with E-state index >= 15 is 0 Å². The average Bonchev–Trinajstić information content (AvgIpc) is 3.61. The molecule has 0 unspecified atom stereocenters. The number of carbonyl (C=O) groups excluding carboxylic acids is 1. The summed E-state index contributed by atoms with van der Waals surface area (Å²) in [5.74, 6) is 1.57. The first kappa shape index (κ1) is 19.0. The second kappa shape index (κ2) is 7.68. The minimum Gasteiger partial charge on any atom is -0.311 e. The van der Waals surface area contributed by atoms with Gasteiger partial charge in [-0.1, -0.05) is 30.0 Å². The van der Waals surface area contributed by atoms with E-state index in [9.17, 15) is 14.9 Å². The number of para-hydroxylation sites is 1. The van der Waals surface area contributed by atoms with E-state index in [1.54, 1.807) is 17.0 Å². The molecule has 1 aliphatic carbocycles. The van der Waals surface area contributed by atoms with Gasteiger partial charge >= 0.3 is 0 Å². The third-order valence-corrected chi connectivity index (χ3v) is 6.53. The minimum atomic E-state index is -0.394. The number of nitrogens with zero attached hydrogens (tertiary/aromatic N) is 4. The zero-order valence-corrected chi connectivity index (χ0v) is 17.1. The first-order valence-electron chi connectivity index (χ1n) is 10.1. The molecule has 2 heterocycles. The predicted octanol–water partition coefficient (Wildman–Crippen LogP) is 4.49. The number of hydrogen-bond donors (Lipinski definition) is 0. The molecule has 0 bridgehead atoms. The van der Waals surface area contributed by atoms with Crippen molar-refractivity contribution < 1.29 is 9.72 Å². The van der Waals surface area contributed by atoms with Gasteiger partial charge in [-0.3, -0.25) is 14.9 Å². The largest absolute Gasteiger partial charge is 0.311 e. The fourth-order valence-corrected chi connectivity index (χ4v) is 4.77. The molecule has 5 rings (SSSR count). The van der Waals surface area contributed by atoms with Gasteiger partial charge < -0.3 is 4.90 Å². The number of amides is 1. The van der Waals surface area contributed by atoms with Crippen molar-refractivity contribution in [3.8, 4) is 0 Å². The Bertz CT molecular complexity index is 1160. The van der Waals surface area contributed by atoms with Crippen LogP contribution in [-0.4, -0.2) is 33.1 Å². The quantitative estimate of drug-likeness (QED) is 0.262. The number of carbonyl (C=O) groups is 1. The third kappa shape index (κ3) is 3.63. The number of benzene rings is 2. The molecule has 1 amide bonds. The summed E-state index contributed by atoms with van der Waals surface area (Å²) >= 11 is 1.44. The Labute approximate surface area is 177 Å². The summed E-state index contributed by atoms with van der Waals surface area (Å²) in [5, 5.41) is 12.9. The Hall–Kier alpha value is -3.00. The van der Waals surface area contributed by atoms with Gasteiger partial charge in [-0.25, -0.2) is 9.97 Å². The van der Waals surface area contributed by atoms with Crippen LogP contribution in [0.2, 0.25) is 0 Å². The maximum atomic E-state index is 13.0. The highest BCUT2D eigenvalue weighted by molar-refractivity contribution is 8.00. The number of aryl methyl sites for hydroxylation is 1. The predicted molar refractivity (Wildman–Crippen MR) is 116 cm³/mol. The molecule has 3 aromatic rings. The van der Waals surface area contributed by atoms with Crippen molar-refractivity contribution in [2.75, 3.05) is 17.2 Å². The van der Waals surface area contributed by atoms with Crippen LogP contribution in [0.15, 0.2) is 47.5 Å². The van der Waals surface area contributed by atoms with E-state index in [1.165, 1.54) is 17.8 Å². The number of rotatable bonds is 5. The maximum Gasteiger partial charge on any atom is 0.269 e. The summed E-state index contributed by atoms with van der Waals surface area (Å²) in [6.45, 7) is 0.627. The molecule has 1 aromatic heterocycles. The summed E-state index contributed by atoms with van der Waals surface area (Å²) in [6, 6.07) is 12.7. The standard InChI is InChI=1S/C22H20N4O3S/c27-20(25-11-3-4-15-12-16(26(28)29)9-10-19(15)25)13-30-22-17-5-1-2-6-18(17)23-21(24-22)14-7-8-14/h1-2,5-6,9-10,12,14H,3-4,7-8,11,13H2. The number of anilines is 1. The number of non-ortho nitro benzene ring substituents is 1. The van der Waals surface area contributed by atoms with E-state index in [2.05, 4.69) is 0 Å². The molecule has 30 heavy (non-hydrogen) atoms. The Morgan fingerprint density at radius 1 is 1.20 bits per heavy atom. The number of nitro groups is 1. The lowest BCUT2D eigenvalue weighted by Gasteiger charge is -2.29. The fourth-order valence-electron chi connectivity index (χ4n) is 3.86. The Morgan fingerprint density at radius 2 is 2.03 bits per heavy atom. The third-order valence-electron chi connectivity index (χ3n) is 5.55. The van der Waals surface area contributed by atoms with Crippen molar-refractivity contribution in [2.45, 2.75) is 36.6 Å². The smallest absolute Gasteiger partial charge is 0.269 e. The summed E-state index contributed by atoms with van der Waals surface area (Å²) in [4.78, 5) is 34.9. The van der Waals surface area contributed by atoms with Gasteiger partial charge in [0.2, 0.25) is 5.91 Å². The van der Waals surface area contributed by atoms with E-state index in [-0.39, 0.29) is 17.3 Å². The number of aromatic nitrogens is 2. The van der Waals surface area contributed by atoms with E-state index in [0.29, 0.717) is 12.5 Å². The van der Waals surface area contributed by atoms with Crippen LogP contribution < -0.4 is 4.90 Å². The maximum absolute atomic E-state index is 13.0. The second-order valence-corrected chi connectivity index (χ2v) is 8.65. The molecule has 7 nitrogen and oxygen atoms in total. The van der Waals surface area contributed by atoms with Crippen LogP contribution in [0.5, 0.6) is 0 Å². The lowest BCUT2D eigenvalue weighted by molar-refractivity contribution is -0.384. The van der Waals surface area contributed by atoms with Gasteiger partial charge in [0.15, 0.2) is 0 Å².